The van der Waals surface area contributed by atoms with Crippen LogP contribution in [0.25, 0.3) is 0 Å². The SMILES string of the molecule is c1nc(C2CCCCN2)[nH]c1C1CCC1. The van der Waals surface area contributed by atoms with Gasteiger partial charge in [0.2, 0.25) is 0 Å². The van der Waals surface area contributed by atoms with E-state index in [4.69, 9.17) is 0 Å². The molecule has 0 spiro atoms. The number of aromatic amines is 1. The van der Waals surface area contributed by atoms with Gasteiger partial charge in [-0.2, -0.15) is 0 Å². The Morgan fingerprint density at radius 1 is 1.13 bits per heavy atom. The number of rotatable bonds is 2. The molecule has 1 saturated heterocycles. The smallest absolute Gasteiger partial charge is 0.123 e. The van der Waals surface area contributed by atoms with Gasteiger partial charge in [-0.05, 0) is 32.2 Å². The molecule has 0 radical (unpaired) electrons. The van der Waals surface area contributed by atoms with Gasteiger partial charge in [0, 0.05) is 17.8 Å². The molecule has 1 saturated carbocycles. The van der Waals surface area contributed by atoms with Gasteiger partial charge >= 0.3 is 0 Å². The van der Waals surface area contributed by atoms with Crippen molar-refractivity contribution in [2.75, 3.05) is 6.54 Å². The zero-order valence-corrected chi connectivity index (χ0v) is 9.13. The fraction of sp³-hybridized carbons (Fsp3) is 0.750. The van der Waals surface area contributed by atoms with Crippen LogP contribution in [0.5, 0.6) is 0 Å². The molecule has 1 aliphatic carbocycles. The van der Waals surface area contributed by atoms with E-state index in [0.717, 1.165) is 18.3 Å². The lowest BCUT2D eigenvalue weighted by Crippen LogP contribution is -2.27. The van der Waals surface area contributed by atoms with E-state index in [0.29, 0.717) is 6.04 Å². The number of nitrogens with zero attached hydrogens (tertiary/aromatic N) is 1. The highest BCUT2D eigenvalue weighted by molar-refractivity contribution is 5.12. The molecule has 2 aliphatic rings. The number of hydrogen-bond donors (Lipinski definition) is 2. The molecular weight excluding hydrogens is 186 g/mol. The minimum atomic E-state index is 0.479. The molecule has 15 heavy (non-hydrogen) atoms. The molecule has 2 heterocycles. The van der Waals surface area contributed by atoms with Gasteiger partial charge in [0.05, 0.1) is 6.04 Å². The largest absolute Gasteiger partial charge is 0.344 e. The second-order valence-electron chi connectivity index (χ2n) is 4.85. The van der Waals surface area contributed by atoms with E-state index >= 15 is 0 Å². The molecule has 1 aromatic rings. The Kier molecular flexibility index (Phi) is 2.49. The molecule has 82 valence electrons. The third-order valence-electron chi connectivity index (χ3n) is 3.80. The van der Waals surface area contributed by atoms with Gasteiger partial charge in [-0.1, -0.05) is 12.8 Å². The standard InChI is InChI=1S/C12H19N3/c1-2-7-13-10(6-1)12-14-8-11(15-12)9-4-3-5-9/h8-10,13H,1-7H2,(H,14,15). The van der Waals surface area contributed by atoms with E-state index in [1.165, 1.54) is 44.2 Å². The average molecular weight is 205 g/mol. The zero-order chi connectivity index (χ0) is 10.1. The second-order valence-corrected chi connectivity index (χ2v) is 4.85. The van der Waals surface area contributed by atoms with Crippen molar-refractivity contribution in [2.24, 2.45) is 0 Å². The summed E-state index contributed by atoms with van der Waals surface area (Å²) in [6, 6.07) is 0.479. The first-order chi connectivity index (χ1) is 7.43. The van der Waals surface area contributed by atoms with Crippen LogP contribution in [-0.4, -0.2) is 16.5 Å². The van der Waals surface area contributed by atoms with Gasteiger partial charge < -0.3 is 10.3 Å². The maximum absolute atomic E-state index is 4.52. The van der Waals surface area contributed by atoms with Crippen LogP contribution in [0.1, 0.15) is 62.0 Å². The number of aromatic nitrogens is 2. The summed E-state index contributed by atoms with van der Waals surface area (Å²) in [6.45, 7) is 1.14. The van der Waals surface area contributed by atoms with Crippen LogP contribution < -0.4 is 5.32 Å². The van der Waals surface area contributed by atoms with E-state index < -0.39 is 0 Å². The lowest BCUT2D eigenvalue weighted by molar-refractivity contribution is 0.392. The maximum atomic E-state index is 4.52. The van der Waals surface area contributed by atoms with Gasteiger partial charge in [0.1, 0.15) is 5.82 Å². The summed E-state index contributed by atoms with van der Waals surface area (Å²) in [5.41, 5.74) is 1.36. The second kappa shape index (κ2) is 3.97. The van der Waals surface area contributed by atoms with E-state index in [9.17, 15) is 0 Å². The minimum Gasteiger partial charge on any atom is -0.344 e. The van der Waals surface area contributed by atoms with Crippen molar-refractivity contribution in [1.82, 2.24) is 15.3 Å². The molecule has 1 atom stereocenters. The van der Waals surface area contributed by atoms with Crippen molar-refractivity contribution in [3.05, 3.63) is 17.7 Å². The van der Waals surface area contributed by atoms with E-state index in [1.807, 2.05) is 0 Å². The Morgan fingerprint density at radius 3 is 2.73 bits per heavy atom. The molecule has 0 aromatic carbocycles. The van der Waals surface area contributed by atoms with E-state index in [1.54, 1.807) is 0 Å². The molecule has 2 fully saturated rings. The topological polar surface area (TPSA) is 40.7 Å². The van der Waals surface area contributed by atoms with Crippen molar-refractivity contribution in [2.45, 2.75) is 50.5 Å². The molecule has 3 rings (SSSR count). The third-order valence-corrected chi connectivity index (χ3v) is 3.80. The Labute approximate surface area is 90.7 Å². The predicted molar refractivity (Wildman–Crippen MR) is 59.8 cm³/mol. The van der Waals surface area contributed by atoms with Crippen molar-refractivity contribution in [1.29, 1.82) is 0 Å². The van der Waals surface area contributed by atoms with Crippen LogP contribution in [-0.2, 0) is 0 Å². The number of nitrogens with one attached hydrogen (secondary N) is 2. The molecular formula is C12H19N3. The summed E-state index contributed by atoms with van der Waals surface area (Å²) in [7, 11) is 0. The maximum Gasteiger partial charge on any atom is 0.123 e. The fourth-order valence-corrected chi connectivity index (χ4v) is 2.54. The van der Waals surface area contributed by atoms with Gasteiger partial charge in [0.15, 0.2) is 0 Å². The normalized spacial score (nSPS) is 27.6. The lowest BCUT2D eigenvalue weighted by Gasteiger charge is -2.24. The van der Waals surface area contributed by atoms with Crippen LogP contribution >= 0.6 is 0 Å². The number of H-pyrrole nitrogens is 1. The van der Waals surface area contributed by atoms with Gasteiger partial charge in [0.25, 0.3) is 0 Å². The predicted octanol–water partition coefficient (Wildman–Crippen LogP) is 2.49. The summed E-state index contributed by atoms with van der Waals surface area (Å²) in [6.07, 6.45) is 10.0. The third kappa shape index (κ3) is 1.81. The van der Waals surface area contributed by atoms with Crippen LogP contribution in [0.4, 0.5) is 0 Å². The van der Waals surface area contributed by atoms with Crippen molar-refractivity contribution in [3.8, 4) is 0 Å². The lowest BCUT2D eigenvalue weighted by atomic mass is 9.83. The first kappa shape index (κ1) is 9.40. The van der Waals surface area contributed by atoms with Crippen LogP contribution in [0.2, 0.25) is 0 Å². The fourth-order valence-electron chi connectivity index (χ4n) is 2.54. The molecule has 1 aliphatic heterocycles. The molecule has 0 amide bonds. The summed E-state index contributed by atoms with van der Waals surface area (Å²) >= 11 is 0. The molecule has 3 nitrogen and oxygen atoms in total. The van der Waals surface area contributed by atoms with Crippen molar-refractivity contribution in [3.63, 3.8) is 0 Å². The molecule has 1 unspecified atom stereocenters. The van der Waals surface area contributed by atoms with Gasteiger partial charge in [-0.25, -0.2) is 4.98 Å². The Hall–Kier alpha value is -0.830. The summed E-state index contributed by atoms with van der Waals surface area (Å²) in [5, 5.41) is 3.53. The molecule has 1 aromatic heterocycles. The highest BCUT2D eigenvalue weighted by Gasteiger charge is 2.23. The van der Waals surface area contributed by atoms with E-state index in [2.05, 4.69) is 21.5 Å². The van der Waals surface area contributed by atoms with Crippen molar-refractivity contribution < 1.29 is 0 Å². The van der Waals surface area contributed by atoms with Gasteiger partial charge in [-0.3, -0.25) is 0 Å². The van der Waals surface area contributed by atoms with Gasteiger partial charge in [-0.15, -0.1) is 0 Å². The van der Waals surface area contributed by atoms with Crippen LogP contribution in [0, 0.1) is 0 Å². The highest BCUT2D eigenvalue weighted by Crippen LogP contribution is 2.35. The Bertz CT molecular complexity index is 321. The minimum absolute atomic E-state index is 0.479. The first-order valence-corrected chi connectivity index (χ1v) is 6.21. The summed E-state index contributed by atoms with van der Waals surface area (Å²) in [4.78, 5) is 8.04. The number of hydrogen-bond acceptors (Lipinski definition) is 2. The number of piperidine rings is 1. The van der Waals surface area contributed by atoms with Crippen molar-refractivity contribution >= 4 is 0 Å². The molecule has 2 N–H and O–H groups in total. The number of imidazole rings is 1. The zero-order valence-electron chi connectivity index (χ0n) is 9.13. The molecule has 3 heteroatoms. The quantitative estimate of drug-likeness (QED) is 0.778. The van der Waals surface area contributed by atoms with Crippen LogP contribution in [0.3, 0.4) is 0 Å². The van der Waals surface area contributed by atoms with E-state index in [-0.39, 0.29) is 0 Å². The highest BCUT2D eigenvalue weighted by atomic mass is 15.0. The average Bonchev–Trinajstić information content (AvgIpc) is 2.66. The summed E-state index contributed by atoms with van der Waals surface area (Å²) < 4.78 is 0. The monoisotopic (exact) mass is 205 g/mol. The Balaban J connectivity index is 1.71. The summed E-state index contributed by atoms with van der Waals surface area (Å²) in [5.74, 6) is 1.94. The molecule has 0 bridgehead atoms. The van der Waals surface area contributed by atoms with Crippen LogP contribution in [0.15, 0.2) is 6.20 Å². The first-order valence-electron chi connectivity index (χ1n) is 6.21. The Morgan fingerprint density at radius 2 is 2.07 bits per heavy atom.